The van der Waals surface area contributed by atoms with Crippen LogP contribution >= 0.6 is 0 Å². The predicted molar refractivity (Wildman–Crippen MR) is 110 cm³/mol. The zero-order chi connectivity index (χ0) is 19.1. The van der Waals surface area contributed by atoms with E-state index in [0.717, 1.165) is 54.8 Å². The highest BCUT2D eigenvalue weighted by Gasteiger charge is 2.33. The zero-order valence-electron chi connectivity index (χ0n) is 16.7. The first-order chi connectivity index (χ1) is 13.7. The second-order valence-corrected chi connectivity index (χ2v) is 8.68. The maximum absolute atomic E-state index is 12.6. The Morgan fingerprint density at radius 3 is 2.68 bits per heavy atom. The van der Waals surface area contributed by atoms with Crippen molar-refractivity contribution in [2.45, 2.75) is 57.8 Å². The number of H-pyrrole nitrogens is 1. The van der Waals surface area contributed by atoms with Crippen molar-refractivity contribution in [3.63, 3.8) is 0 Å². The van der Waals surface area contributed by atoms with Gasteiger partial charge in [-0.15, -0.1) is 0 Å². The molecule has 0 amide bonds. The van der Waals surface area contributed by atoms with Gasteiger partial charge in [0.2, 0.25) is 0 Å². The molecule has 1 aromatic carbocycles. The molecule has 0 radical (unpaired) electrons. The molecule has 2 fully saturated rings. The van der Waals surface area contributed by atoms with Gasteiger partial charge in [-0.25, -0.2) is 0 Å². The molecule has 0 saturated carbocycles. The normalized spacial score (nSPS) is 25.1. The summed E-state index contributed by atoms with van der Waals surface area (Å²) in [6.45, 7) is 6.84. The lowest BCUT2D eigenvalue weighted by Gasteiger charge is -2.42. The highest BCUT2D eigenvalue weighted by Crippen LogP contribution is 2.33. The van der Waals surface area contributed by atoms with Gasteiger partial charge in [-0.2, -0.15) is 0 Å². The van der Waals surface area contributed by atoms with Gasteiger partial charge in [0.15, 0.2) is 0 Å². The lowest BCUT2D eigenvalue weighted by Crippen LogP contribution is -2.46. The van der Waals surface area contributed by atoms with E-state index in [-0.39, 0.29) is 11.7 Å². The van der Waals surface area contributed by atoms with Crippen LogP contribution in [-0.2, 0) is 22.5 Å². The average Bonchev–Trinajstić information content (AvgIpc) is 2.74. The first-order valence-corrected chi connectivity index (χ1v) is 10.8. The monoisotopic (exact) mass is 382 g/mol. The Morgan fingerprint density at radius 2 is 1.89 bits per heavy atom. The number of pyridine rings is 1. The van der Waals surface area contributed by atoms with Crippen molar-refractivity contribution in [2.24, 2.45) is 5.92 Å². The SMILES string of the molecule is Cc1cccc2c(=O)[nH]c3c(c12)COC(C1CCN(C2CCOCC2)CC1)C3. The maximum Gasteiger partial charge on any atom is 0.256 e. The number of fused-ring (bicyclic) bond motifs is 3. The number of aromatic nitrogens is 1. The molecule has 4 heterocycles. The molecule has 0 bridgehead atoms. The highest BCUT2D eigenvalue weighted by molar-refractivity contribution is 5.88. The number of nitrogens with zero attached hydrogens (tertiary/aromatic N) is 1. The summed E-state index contributed by atoms with van der Waals surface area (Å²) in [4.78, 5) is 18.4. The molecule has 1 unspecified atom stereocenters. The number of aromatic amines is 1. The Morgan fingerprint density at radius 1 is 1.11 bits per heavy atom. The molecule has 5 rings (SSSR count). The number of benzene rings is 1. The van der Waals surface area contributed by atoms with Crippen molar-refractivity contribution < 1.29 is 9.47 Å². The highest BCUT2D eigenvalue weighted by atomic mass is 16.5. The third kappa shape index (κ3) is 3.30. The van der Waals surface area contributed by atoms with E-state index in [1.54, 1.807) is 0 Å². The average molecular weight is 383 g/mol. The van der Waals surface area contributed by atoms with E-state index in [1.807, 2.05) is 12.1 Å². The van der Waals surface area contributed by atoms with Gasteiger partial charge in [0, 0.05) is 42.3 Å². The van der Waals surface area contributed by atoms with Crippen molar-refractivity contribution in [2.75, 3.05) is 26.3 Å². The fraction of sp³-hybridized carbons (Fsp3) is 0.609. The van der Waals surface area contributed by atoms with E-state index < -0.39 is 0 Å². The van der Waals surface area contributed by atoms with E-state index in [2.05, 4.69) is 22.9 Å². The Hall–Kier alpha value is -1.69. The molecule has 2 aromatic rings. The second kappa shape index (κ2) is 7.62. The minimum absolute atomic E-state index is 0.0347. The molecule has 1 atom stereocenters. The van der Waals surface area contributed by atoms with Crippen LogP contribution in [0.3, 0.4) is 0 Å². The molecule has 5 heteroatoms. The number of piperidine rings is 1. The van der Waals surface area contributed by atoms with Crippen LogP contribution in [0.15, 0.2) is 23.0 Å². The number of aryl methyl sites for hydroxylation is 1. The fourth-order valence-electron chi connectivity index (χ4n) is 5.48. The number of hydrogen-bond donors (Lipinski definition) is 1. The smallest absolute Gasteiger partial charge is 0.256 e. The number of ether oxygens (including phenoxy) is 2. The molecule has 0 spiro atoms. The predicted octanol–water partition coefficient (Wildman–Crippen LogP) is 3.17. The maximum atomic E-state index is 12.6. The van der Waals surface area contributed by atoms with Gasteiger partial charge in [0.05, 0.1) is 12.7 Å². The molecule has 0 aliphatic carbocycles. The summed E-state index contributed by atoms with van der Waals surface area (Å²) >= 11 is 0. The van der Waals surface area contributed by atoms with Crippen LogP contribution in [0.2, 0.25) is 0 Å². The van der Waals surface area contributed by atoms with Crippen molar-refractivity contribution >= 4 is 10.8 Å². The summed E-state index contributed by atoms with van der Waals surface area (Å²) < 4.78 is 11.9. The lowest BCUT2D eigenvalue weighted by atomic mass is 9.85. The van der Waals surface area contributed by atoms with Gasteiger partial charge in [-0.3, -0.25) is 4.79 Å². The molecule has 1 N–H and O–H groups in total. The zero-order valence-corrected chi connectivity index (χ0v) is 16.7. The number of hydrogen-bond acceptors (Lipinski definition) is 4. The summed E-state index contributed by atoms with van der Waals surface area (Å²) in [5.74, 6) is 0.584. The topological polar surface area (TPSA) is 54.6 Å². The summed E-state index contributed by atoms with van der Waals surface area (Å²) in [5, 5.41) is 1.87. The summed E-state index contributed by atoms with van der Waals surface area (Å²) in [6.07, 6.45) is 5.78. The van der Waals surface area contributed by atoms with E-state index >= 15 is 0 Å². The van der Waals surface area contributed by atoms with Gasteiger partial charge in [0.25, 0.3) is 5.56 Å². The third-order valence-corrected chi connectivity index (χ3v) is 7.10. The molecule has 28 heavy (non-hydrogen) atoms. The van der Waals surface area contributed by atoms with Crippen LogP contribution in [-0.4, -0.2) is 48.3 Å². The lowest BCUT2D eigenvalue weighted by molar-refractivity contribution is -0.0403. The van der Waals surface area contributed by atoms with E-state index in [4.69, 9.17) is 9.47 Å². The molecule has 3 aliphatic rings. The van der Waals surface area contributed by atoms with Gasteiger partial charge in [-0.1, -0.05) is 12.1 Å². The molecule has 1 aromatic heterocycles. The van der Waals surface area contributed by atoms with E-state index in [9.17, 15) is 4.79 Å². The van der Waals surface area contributed by atoms with Crippen LogP contribution < -0.4 is 5.56 Å². The van der Waals surface area contributed by atoms with Crippen molar-refractivity contribution in [3.8, 4) is 0 Å². The standard InChI is InChI=1S/C23H30N2O3/c1-15-3-2-4-18-22(15)19-14-28-21(13-20(19)24-23(18)26)16-5-9-25(10-6-16)17-7-11-27-12-8-17/h2-4,16-17,21H,5-14H2,1H3,(H,24,26). The second-order valence-electron chi connectivity index (χ2n) is 8.68. The van der Waals surface area contributed by atoms with E-state index in [1.165, 1.54) is 31.2 Å². The van der Waals surface area contributed by atoms with Gasteiger partial charge in [0.1, 0.15) is 0 Å². The Labute approximate surface area is 166 Å². The molecule has 150 valence electrons. The minimum atomic E-state index is 0.0347. The minimum Gasteiger partial charge on any atom is -0.381 e. The van der Waals surface area contributed by atoms with Gasteiger partial charge < -0.3 is 19.4 Å². The van der Waals surface area contributed by atoms with Crippen LogP contribution in [0.4, 0.5) is 0 Å². The Kier molecular flexibility index (Phi) is 4.99. The summed E-state index contributed by atoms with van der Waals surface area (Å²) in [7, 11) is 0. The number of likely N-dealkylation sites (tertiary alicyclic amines) is 1. The number of rotatable bonds is 2. The Bertz CT molecular complexity index is 908. The van der Waals surface area contributed by atoms with Crippen LogP contribution in [0.5, 0.6) is 0 Å². The van der Waals surface area contributed by atoms with E-state index in [0.29, 0.717) is 18.6 Å². The van der Waals surface area contributed by atoms with Crippen LogP contribution in [0.1, 0.15) is 42.5 Å². The molecule has 5 nitrogen and oxygen atoms in total. The molecule has 2 saturated heterocycles. The van der Waals surface area contributed by atoms with Crippen molar-refractivity contribution in [1.29, 1.82) is 0 Å². The van der Waals surface area contributed by atoms with Crippen LogP contribution in [0, 0.1) is 12.8 Å². The van der Waals surface area contributed by atoms with Crippen molar-refractivity contribution in [3.05, 3.63) is 45.4 Å². The van der Waals surface area contributed by atoms with Crippen LogP contribution in [0.25, 0.3) is 10.8 Å². The molecular weight excluding hydrogens is 352 g/mol. The van der Waals surface area contributed by atoms with Crippen molar-refractivity contribution in [1.82, 2.24) is 9.88 Å². The Balaban J connectivity index is 1.31. The first-order valence-electron chi connectivity index (χ1n) is 10.8. The molecular formula is C23H30N2O3. The molecule has 3 aliphatic heterocycles. The van der Waals surface area contributed by atoms with Gasteiger partial charge in [-0.05, 0) is 68.6 Å². The quantitative estimate of drug-likeness (QED) is 0.867. The van der Waals surface area contributed by atoms with Gasteiger partial charge >= 0.3 is 0 Å². The summed E-state index contributed by atoms with van der Waals surface area (Å²) in [5.41, 5.74) is 3.47. The fourth-order valence-corrected chi connectivity index (χ4v) is 5.48. The first kappa shape index (κ1) is 18.3. The number of nitrogens with one attached hydrogen (secondary N) is 1. The summed E-state index contributed by atoms with van der Waals surface area (Å²) in [6, 6.07) is 6.66. The third-order valence-electron chi connectivity index (χ3n) is 7.10. The largest absolute Gasteiger partial charge is 0.381 e.